The van der Waals surface area contributed by atoms with Crippen LogP contribution in [0.5, 0.6) is 0 Å². The van der Waals surface area contributed by atoms with Crippen molar-refractivity contribution in [2.24, 2.45) is 17.6 Å². The van der Waals surface area contributed by atoms with Gasteiger partial charge >= 0.3 is 0 Å². The summed E-state index contributed by atoms with van der Waals surface area (Å²) in [5.41, 5.74) is 6.30. The largest absolute Gasteiger partial charge is 0.326 e. The zero-order valence-electron chi connectivity index (χ0n) is 11.0. The van der Waals surface area contributed by atoms with Crippen molar-refractivity contribution in [2.45, 2.75) is 64.5 Å². The topological polar surface area (TPSA) is 29.3 Å². The SMILES string of the molecule is CCC(C)C(N)CN1CCCC2CCCC21. The Bertz CT molecular complexity index is 217. The monoisotopic (exact) mass is 224 g/mol. The van der Waals surface area contributed by atoms with Crippen molar-refractivity contribution in [1.82, 2.24) is 4.90 Å². The van der Waals surface area contributed by atoms with Crippen LogP contribution in [0.3, 0.4) is 0 Å². The number of piperidine rings is 1. The van der Waals surface area contributed by atoms with Crippen LogP contribution in [0.2, 0.25) is 0 Å². The molecule has 16 heavy (non-hydrogen) atoms. The lowest BCUT2D eigenvalue weighted by molar-refractivity contribution is 0.0987. The minimum atomic E-state index is 0.379. The van der Waals surface area contributed by atoms with Crippen molar-refractivity contribution in [3.8, 4) is 0 Å². The summed E-state index contributed by atoms with van der Waals surface area (Å²) in [5.74, 6) is 1.67. The van der Waals surface area contributed by atoms with Crippen LogP contribution in [0.4, 0.5) is 0 Å². The van der Waals surface area contributed by atoms with Crippen molar-refractivity contribution in [3.63, 3.8) is 0 Å². The number of hydrogen-bond donors (Lipinski definition) is 1. The quantitative estimate of drug-likeness (QED) is 0.795. The predicted molar refractivity (Wildman–Crippen MR) is 69.4 cm³/mol. The minimum Gasteiger partial charge on any atom is -0.326 e. The maximum Gasteiger partial charge on any atom is 0.0193 e. The molecule has 1 saturated heterocycles. The molecular weight excluding hydrogens is 196 g/mol. The average Bonchev–Trinajstić information content (AvgIpc) is 2.77. The van der Waals surface area contributed by atoms with E-state index in [0.717, 1.165) is 18.5 Å². The summed E-state index contributed by atoms with van der Waals surface area (Å²) >= 11 is 0. The summed E-state index contributed by atoms with van der Waals surface area (Å²) in [6, 6.07) is 1.26. The first-order chi connectivity index (χ1) is 7.72. The molecule has 4 atom stereocenters. The van der Waals surface area contributed by atoms with Crippen LogP contribution in [-0.4, -0.2) is 30.1 Å². The maximum atomic E-state index is 6.30. The fourth-order valence-electron chi connectivity index (χ4n) is 3.54. The molecule has 2 heteroatoms. The van der Waals surface area contributed by atoms with Crippen LogP contribution in [0, 0.1) is 11.8 Å². The summed E-state index contributed by atoms with van der Waals surface area (Å²) in [6.07, 6.45) is 8.43. The van der Waals surface area contributed by atoms with Crippen molar-refractivity contribution in [2.75, 3.05) is 13.1 Å². The van der Waals surface area contributed by atoms with Crippen LogP contribution >= 0.6 is 0 Å². The maximum absolute atomic E-state index is 6.30. The van der Waals surface area contributed by atoms with Crippen LogP contribution < -0.4 is 5.73 Å². The van der Waals surface area contributed by atoms with Crippen LogP contribution in [0.15, 0.2) is 0 Å². The van der Waals surface area contributed by atoms with Gasteiger partial charge in [0.1, 0.15) is 0 Å². The highest BCUT2D eigenvalue weighted by molar-refractivity contribution is 4.90. The third kappa shape index (κ3) is 2.60. The molecule has 0 amide bonds. The van der Waals surface area contributed by atoms with E-state index in [1.165, 1.54) is 45.1 Å². The Morgan fingerprint density at radius 2 is 2.00 bits per heavy atom. The summed E-state index contributed by atoms with van der Waals surface area (Å²) in [6.45, 7) is 6.97. The first-order valence-corrected chi connectivity index (χ1v) is 7.22. The molecule has 2 fully saturated rings. The summed E-state index contributed by atoms with van der Waals surface area (Å²) in [5, 5.41) is 0. The molecule has 94 valence electrons. The summed E-state index contributed by atoms with van der Waals surface area (Å²) in [4.78, 5) is 2.71. The highest BCUT2D eigenvalue weighted by Crippen LogP contribution is 2.36. The molecule has 1 aliphatic heterocycles. The molecule has 0 radical (unpaired) electrons. The predicted octanol–water partition coefficient (Wildman–Crippen LogP) is 2.62. The number of fused-ring (bicyclic) bond motifs is 1. The molecule has 0 aromatic rings. The Labute approximate surface area is 101 Å². The van der Waals surface area contributed by atoms with E-state index in [1.54, 1.807) is 0 Å². The van der Waals surface area contributed by atoms with Crippen molar-refractivity contribution in [1.29, 1.82) is 0 Å². The van der Waals surface area contributed by atoms with Gasteiger partial charge in [-0.1, -0.05) is 26.7 Å². The van der Waals surface area contributed by atoms with Crippen LogP contribution in [0.1, 0.15) is 52.4 Å². The molecule has 0 bridgehead atoms. The summed E-state index contributed by atoms with van der Waals surface area (Å²) < 4.78 is 0. The molecule has 2 nitrogen and oxygen atoms in total. The number of rotatable bonds is 4. The fraction of sp³-hybridized carbons (Fsp3) is 1.00. The molecule has 0 aromatic heterocycles. The first kappa shape index (κ1) is 12.4. The van der Waals surface area contributed by atoms with Gasteiger partial charge < -0.3 is 5.73 Å². The highest BCUT2D eigenvalue weighted by atomic mass is 15.2. The van der Waals surface area contributed by atoms with E-state index in [2.05, 4.69) is 18.7 Å². The van der Waals surface area contributed by atoms with E-state index in [4.69, 9.17) is 5.73 Å². The van der Waals surface area contributed by atoms with Gasteiger partial charge in [0, 0.05) is 18.6 Å². The fourth-order valence-corrected chi connectivity index (χ4v) is 3.54. The molecule has 1 saturated carbocycles. The van der Waals surface area contributed by atoms with E-state index in [0.29, 0.717) is 12.0 Å². The third-order valence-electron chi connectivity index (χ3n) is 4.93. The lowest BCUT2D eigenvalue weighted by Gasteiger charge is -2.40. The lowest BCUT2D eigenvalue weighted by Crippen LogP contribution is -2.49. The van der Waals surface area contributed by atoms with Gasteiger partial charge in [-0.25, -0.2) is 0 Å². The molecule has 0 spiro atoms. The Morgan fingerprint density at radius 1 is 1.25 bits per heavy atom. The molecule has 0 aromatic carbocycles. The molecule has 2 rings (SSSR count). The van der Waals surface area contributed by atoms with Gasteiger partial charge in [0.15, 0.2) is 0 Å². The molecule has 2 aliphatic rings. The molecule has 1 heterocycles. The lowest BCUT2D eigenvalue weighted by atomic mass is 9.90. The normalized spacial score (nSPS) is 34.7. The Hall–Kier alpha value is -0.0800. The number of hydrogen-bond acceptors (Lipinski definition) is 2. The second kappa shape index (κ2) is 5.50. The Balaban J connectivity index is 1.88. The van der Waals surface area contributed by atoms with Crippen molar-refractivity contribution >= 4 is 0 Å². The molecule has 2 N–H and O–H groups in total. The smallest absolute Gasteiger partial charge is 0.0193 e. The number of nitrogens with two attached hydrogens (primary N) is 1. The molecule has 4 unspecified atom stereocenters. The Kier molecular flexibility index (Phi) is 4.26. The van der Waals surface area contributed by atoms with E-state index in [-0.39, 0.29) is 0 Å². The average molecular weight is 224 g/mol. The number of nitrogens with zero attached hydrogens (tertiary/aromatic N) is 1. The van der Waals surface area contributed by atoms with Crippen molar-refractivity contribution in [3.05, 3.63) is 0 Å². The molecular formula is C14H28N2. The zero-order valence-corrected chi connectivity index (χ0v) is 11.0. The van der Waals surface area contributed by atoms with E-state index in [1.807, 2.05) is 0 Å². The second-order valence-electron chi connectivity index (χ2n) is 5.94. The van der Waals surface area contributed by atoms with Gasteiger partial charge in [0.2, 0.25) is 0 Å². The second-order valence-corrected chi connectivity index (χ2v) is 5.94. The van der Waals surface area contributed by atoms with Gasteiger partial charge in [0.25, 0.3) is 0 Å². The van der Waals surface area contributed by atoms with Crippen LogP contribution in [0.25, 0.3) is 0 Å². The summed E-state index contributed by atoms with van der Waals surface area (Å²) in [7, 11) is 0. The molecule has 1 aliphatic carbocycles. The van der Waals surface area contributed by atoms with Gasteiger partial charge in [-0.3, -0.25) is 4.90 Å². The zero-order chi connectivity index (χ0) is 11.5. The van der Waals surface area contributed by atoms with E-state index in [9.17, 15) is 0 Å². The third-order valence-corrected chi connectivity index (χ3v) is 4.93. The van der Waals surface area contributed by atoms with Gasteiger partial charge in [-0.15, -0.1) is 0 Å². The van der Waals surface area contributed by atoms with Gasteiger partial charge in [0.05, 0.1) is 0 Å². The van der Waals surface area contributed by atoms with Gasteiger partial charge in [-0.2, -0.15) is 0 Å². The van der Waals surface area contributed by atoms with Gasteiger partial charge in [-0.05, 0) is 44.1 Å². The standard InChI is InChI=1S/C14H28N2/c1-3-11(2)13(15)10-16-9-5-7-12-6-4-8-14(12)16/h11-14H,3-10,15H2,1-2H3. The van der Waals surface area contributed by atoms with E-state index >= 15 is 0 Å². The minimum absolute atomic E-state index is 0.379. The van der Waals surface area contributed by atoms with Crippen LogP contribution in [-0.2, 0) is 0 Å². The highest BCUT2D eigenvalue weighted by Gasteiger charge is 2.35. The van der Waals surface area contributed by atoms with Crippen molar-refractivity contribution < 1.29 is 0 Å². The number of likely N-dealkylation sites (tertiary alicyclic amines) is 1. The Morgan fingerprint density at radius 3 is 2.75 bits per heavy atom. The van der Waals surface area contributed by atoms with E-state index < -0.39 is 0 Å². The first-order valence-electron chi connectivity index (χ1n) is 7.22.